The van der Waals surface area contributed by atoms with Crippen molar-refractivity contribution in [2.45, 2.75) is 30.4 Å². The second-order valence-electron chi connectivity index (χ2n) is 5.11. The molecular formula is C14H19N5OS2. The fraction of sp³-hybridized carbons (Fsp3) is 0.429. The molecule has 2 aromatic rings. The van der Waals surface area contributed by atoms with E-state index in [1.54, 1.807) is 16.4 Å². The number of rotatable bonds is 7. The molecule has 0 saturated carbocycles. The Kier molecular flexibility index (Phi) is 6.26. The Bertz CT molecular complexity index is 629. The number of thioether (sulfide) groups is 2. The molecule has 8 heteroatoms. The predicted octanol–water partition coefficient (Wildman–Crippen LogP) is 2.78. The molecule has 6 nitrogen and oxygen atoms in total. The number of hydrogen-bond donors (Lipinski definition) is 1. The number of amides is 1. The molecular weight excluding hydrogens is 318 g/mol. The molecule has 0 aliphatic rings. The quantitative estimate of drug-likeness (QED) is 0.783. The molecule has 118 valence electrons. The van der Waals surface area contributed by atoms with Crippen LogP contribution < -0.4 is 5.32 Å². The van der Waals surface area contributed by atoms with E-state index in [1.807, 2.05) is 30.5 Å². The molecule has 0 fully saturated rings. The number of nitrogens with one attached hydrogen (secondary N) is 1. The lowest BCUT2D eigenvalue weighted by Crippen LogP contribution is -2.15. The first kappa shape index (κ1) is 16.8. The SMILES string of the molecule is CSc1cccc(NC(=O)CSc2nnnn2CC(C)C)c1. The Labute approximate surface area is 138 Å². The number of anilines is 1. The summed E-state index contributed by atoms with van der Waals surface area (Å²) in [6.07, 6.45) is 2.01. The summed E-state index contributed by atoms with van der Waals surface area (Å²) in [5, 5.41) is 15.1. The van der Waals surface area contributed by atoms with Gasteiger partial charge in [0.05, 0.1) is 5.75 Å². The van der Waals surface area contributed by atoms with Crippen LogP contribution in [0.15, 0.2) is 34.3 Å². The highest BCUT2D eigenvalue weighted by molar-refractivity contribution is 7.99. The molecule has 0 atom stereocenters. The fourth-order valence-electron chi connectivity index (χ4n) is 1.79. The lowest BCUT2D eigenvalue weighted by molar-refractivity contribution is -0.113. The van der Waals surface area contributed by atoms with Crippen molar-refractivity contribution in [1.82, 2.24) is 20.2 Å². The summed E-state index contributed by atoms with van der Waals surface area (Å²) in [5.74, 6) is 0.662. The largest absolute Gasteiger partial charge is 0.325 e. The Morgan fingerprint density at radius 3 is 2.95 bits per heavy atom. The summed E-state index contributed by atoms with van der Waals surface area (Å²) in [5.41, 5.74) is 0.805. The monoisotopic (exact) mass is 337 g/mol. The number of aromatic nitrogens is 4. The van der Waals surface area contributed by atoms with Gasteiger partial charge in [0.2, 0.25) is 11.1 Å². The van der Waals surface area contributed by atoms with Gasteiger partial charge < -0.3 is 5.32 Å². The van der Waals surface area contributed by atoms with Crippen molar-refractivity contribution >= 4 is 35.1 Å². The Hall–Kier alpha value is -1.54. The molecule has 0 radical (unpaired) electrons. The van der Waals surface area contributed by atoms with Gasteiger partial charge in [-0.3, -0.25) is 4.79 Å². The molecule has 0 unspecified atom stereocenters. The molecule has 1 N–H and O–H groups in total. The number of carbonyl (C=O) groups excluding carboxylic acids is 1. The standard InChI is InChI=1S/C14H19N5OS2/c1-10(2)8-19-14(16-17-18-19)22-9-13(20)15-11-5-4-6-12(7-11)21-3/h4-7,10H,8-9H2,1-3H3,(H,15,20). The second-order valence-corrected chi connectivity index (χ2v) is 6.93. The van der Waals surface area contributed by atoms with Crippen molar-refractivity contribution in [3.63, 3.8) is 0 Å². The zero-order chi connectivity index (χ0) is 15.9. The average molecular weight is 337 g/mol. The van der Waals surface area contributed by atoms with E-state index in [0.29, 0.717) is 11.1 Å². The molecule has 1 aromatic heterocycles. The lowest BCUT2D eigenvalue weighted by atomic mass is 10.2. The van der Waals surface area contributed by atoms with E-state index in [0.717, 1.165) is 17.1 Å². The summed E-state index contributed by atoms with van der Waals surface area (Å²) in [6, 6.07) is 7.77. The zero-order valence-electron chi connectivity index (χ0n) is 12.8. The summed E-state index contributed by atoms with van der Waals surface area (Å²) in [6.45, 7) is 4.94. The van der Waals surface area contributed by atoms with Gasteiger partial charge in [-0.1, -0.05) is 31.7 Å². The molecule has 0 bridgehead atoms. The van der Waals surface area contributed by atoms with Crippen LogP contribution in [-0.4, -0.2) is 38.1 Å². The smallest absolute Gasteiger partial charge is 0.234 e. The number of nitrogens with zero attached hydrogens (tertiary/aromatic N) is 4. The van der Waals surface area contributed by atoms with Gasteiger partial charge in [0, 0.05) is 17.1 Å². The molecule has 0 aliphatic heterocycles. The van der Waals surface area contributed by atoms with E-state index in [9.17, 15) is 4.79 Å². The molecule has 2 rings (SSSR count). The lowest BCUT2D eigenvalue weighted by Gasteiger charge is -2.08. The van der Waals surface area contributed by atoms with Crippen LogP contribution in [0.4, 0.5) is 5.69 Å². The minimum atomic E-state index is -0.0673. The van der Waals surface area contributed by atoms with Crippen molar-refractivity contribution in [2.24, 2.45) is 5.92 Å². The molecule has 0 aliphatic carbocycles. The van der Waals surface area contributed by atoms with Gasteiger partial charge in [-0.2, -0.15) is 0 Å². The Morgan fingerprint density at radius 1 is 1.41 bits per heavy atom. The van der Waals surface area contributed by atoms with Crippen molar-refractivity contribution in [2.75, 3.05) is 17.3 Å². The van der Waals surface area contributed by atoms with Crippen LogP contribution in [0.2, 0.25) is 0 Å². The summed E-state index contributed by atoms with van der Waals surface area (Å²) >= 11 is 2.99. The van der Waals surface area contributed by atoms with Crippen molar-refractivity contribution in [1.29, 1.82) is 0 Å². The normalized spacial score (nSPS) is 10.9. The van der Waals surface area contributed by atoms with E-state index in [-0.39, 0.29) is 11.7 Å². The van der Waals surface area contributed by atoms with Crippen LogP contribution in [0.1, 0.15) is 13.8 Å². The Balaban J connectivity index is 1.89. The van der Waals surface area contributed by atoms with Gasteiger partial charge in [-0.25, -0.2) is 4.68 Å². The van der Waals surface area contributed by atoms with Crippen molar-refractivity contribution in [3.05, 3.63) is 24.3 Å². The number of benzene rings is 1. The molecule has 0 saturated heterocycles. The average Bonchev–Trinajstić information content (AvgIpc) is 2.91. The number of hydrogen-bond acceptors (Lipinski definition) is 6. The second kappa shape index (κ2) is 8.19. The van der Waals surface area contributed by atoms with Gasteiger partial charge in [-0.05, 0) is 40.8 Å². The Morgan fingerprint density at radius 2 is 2.23 bits per heavy atom. The van der Waals surface area contributed by atoms with Crippen LogP contribution >= 0.6 is 23.5 Å². The molecule has 0 spiro atoms. The maximum atomic E-state index is 12.0. The third kappa shape index (κ3) is 5.03. The van der Waals surface area contributed by atoms with E-state index in [1.165, 1.54) is 11.8 Å². The number of tetrazole rings is 1. The van der Waals surface area contributed by atoms with Crippen LogP contribution in [0.25, 0.3) is 0 Å². The first-order valence-electron chi connectivity index (χ1n) is 6.91. The van der Waals surface area contributed by atoms with Crippen LogP contribution in [0, 0.1) is 5.92 Å². The van der Waals surface area contributed by atoms with E-state index >= 15 is 0 Å². The highest BCUT2D eigenvalue weighted by Crippen LogP contribution is 2.20. The summed E-state index contributed by atoms with van der Waals surface area (Å²) in [4.78, 5) is 13.1. The van der Waals surface area contributed by atoms with E-state index in [4.69, 9.17) is 0 Å². The van der Waals surface area contributed by atoms with E-state index < -0.39 is 0 Å². The highest BCUT2D eigenvalue weighted by Gasteiger charge is 2.11. The molecule has 1 amide bonds. The van der Waals surface area contributed by atoms with E-state index in [2.05, 4.69) is 34.7 Å². The topological polar surface area (TPSA) is 72.7 Å². The fourth-order valence-corrected chi connectivity index (χ4v) is 2.93. The van der Waals surface area contributed by atoms with Gasteiger partial charge in [0.25, 0.3) is 0 Å². The first-order chi connectivity index (χ1) is 10.6. The highest BCUT2D eigenvalue weighted by atomic mass is 32.2. The predicted molar refractivity (Wildman–Crippen MR) is 90.2 cm³/mol. The van der Waals surface area contributed by atoms with Crippen molar-refractivity contribution in [3.8, 4) is 0 Å². The maximum Gasteiger partial charge on any atom is 0.234 e. The maximum absolute atomic E-state index is 12.0. The third-order valence-corrected chi connectivity index (χ3v) is 4.41. The van der Waals surface area contributed by atoms with Gasteiger partial charge in [0.15, 0.2) is 0 Å². The summed E-state index contributed by atoms with van der Waals surface area (Å²) < 4.78 is 1.73. The number of carbonyl (C=O) groups is 1. The minimum absolute atomic E-state index is 0.0673. The zero-order valence-corrected chi connectivity index (χ0v) is 14.4. The third-order valence-electron chi connectivity index (χ3n) is 2.72. The van der Waals surface area contributed by atoms with Crippen LogP contribution in [0.3, 0.4) is 0 Å². The minimum Gasteiger partial charge on any atom is -0.325 e. The van der Waals surface area contributed by atoms with Gasteiger partial charge in [-0.15, -0.1) is 16.9 Å². The van der Waals surface area contributed by atoms with Crippen molar-refractivity contribution < 1.29 is 4.79 Å². The van der Waals surface area contributed by atoms with Gasteiger partial charge >= 0.3 is 0 Å². The molecule has 1 aromatic carbocycles. The van der Waals surface area contributed by atoms with Gasteiger partial charge in [0.1, 0.15) is 0 Å². The first-order valence-corrected chi connectivity index (χ1v) is 9.12. The van der Waals surface area contributed by atoms with Crippen LogP contribution in [-0.2, 0) is 11.3 Å². The molecule has 1 heterocycles. The summed E-state index contributed by atoms with van der Waals surface area (Å²) in [7, 11) is 0. The van der Waals surface area contributed by atoms with Crippen LogP contribution in [0.5, 0.6) is 0 Å². The molecule has 22 heavy (non-hydrogen) atoms.